The number of carboxylic acid groups (broad SMARTS) is 1. The van der Waals surface area contributed by atoms with Crippen LogP contribution in [0.5, 0.6) is 11.5 Å². The van der Waals surface area contributed by atoms with Crippen LogP contribution in [0.25, 0.3) is 11.6 Å². The predicted octanol–water partition coefficient (Wildman–Crippen LogP) is 5.94. The van der Waals surface area contributed by atoms with Crippen LogP contribution in [0.3, 0.4) is 0 Å². The standard InChI is InChI=1S/C24H17BrFNO4/c1-30-22-12-16(10-18(13-27)19-4-2-3-5-21(19)26)11-20(25)23(22)31-14-15-6-8-17(9-7-15)24(28)29/h2-12H,14H2,1H3,(H,28,29)/b18-10-. The van der Waals surface area contributed by atoms with Gasteiger partial charge in [0, 0.05) is 5.56 Å². The minimum Gasteiger partial charge on any atom is -0.493 e. The first-order valence-electron chi connectivity index (χ1n) is 9.12. The number of nitrogens with zero attached hydrogens (tertiary/aromatic N) is 1. The summed E-state index contributed by atoms with van der Waals surface area (Å²) in [4.78, 5) is 11.0. The minimum atomic E-state index is -0.993. The van der Waals surface area contributed by atoms with E-state index in [-0.39, 0.29) is 23.3 Å². The molecule has 0 aliphatic carbocycles. The lowest BCUT2D eigenvalue weighted by atomic mass is 10.0. The second-order valence-corrected chi connectivity index (χ2v) is 7.33. The van der Waals surface area contributed by atoms with Crippen LogP contribution in [-0.2, 0) is 6.61 Å². The number of allylic oxidation sites excluding steroid dienone is 1. The van der Waals surface area contributed by atoms with Crippen LogP contribution in [0.2, 0.25) is 0 Å². The predicted molar refractivity (Wildman–Crippen MR) is 118 cm³/mol. The van der Waals surface area contributed by atoms with Crippen LogP contribution in [-0.4, -0.2) is 18.2 Å². The number of methoxy groups -OCH3 is 1. The topological polar surface area (TPSA) is 79.5 Å². The van der Waals surface area contributed by atoms with Crippen molar-refractivity contribution in [2.24, 2.45) is 0 Å². The van der Waals surface area contributed by atoms with Crippen LogP contribution >= 0.6 is 15.9 Å². The van der Waals surface area contributed by atoms with Crippen molar-refractivity contribution < 1.29 is 23.8 Å². The lowest BCUT2D eigenvalue weighted by Crippen LogP contribution is -2.01. The van der Waals surface area contributed by atoms with E-state index in [1.54, 1.807) is 48.5 Å². The van der Waals surface area contributed by atoms with E-state index in [1.165, 1.54) is 25.3 Å². The summed E-state index contributed by atoms with van der Waals surface area (Å²) in [5.41, 5.74) is 2.00. The number of halogens is 2. The molecule has 31 heavy (non-hydrogen) atoms. The smallest absolute Gasteiger partial charge is 0.335 e. The van der Waals surface area contributed by atoms with Gasteiger partial charge >= 0.3 is 5.97 Å². The van der Waals surface area contributed by atoms with E-state index < -0.39 is 11.8 Å². The van der Waals surface area contributed by atoms with Gasteiger partial charge in [-0.3, -0.25) is 0 Å². The zero-order valence-corrected chi connectivity index (χ0v) is 18.0. The Labute approximate surface area is 187 Å². The SMILES string of the molecule is COc1cc(/C=C(/C#N)c2ccccc2F)cc(Br)c1OCc1ccc(C(=O)O)cc1. The third-order valence-electron chi connectivity index (χ3n) is 4.43. The highest BCUT2D eigenvalue weighted by molar-refractivity contribution is 9.10. The molecule has 0 radical (unpaired) electrons. The summed E-state index contributed by atoms with van der Waals surface area (Å²) in [6.45, 7) is 0.197. The highest BCUT2D eigenvalue weighted by Gasteiger charge is 2.13. The van der Waals surface area contributed by atoms with Gasteiger partial charge in [-0.15, -0.1) is 0 Å². The van der Waals surface area contributed by atoms with Gasteiger partial charge in [-0.1, -0.05) is 30.3 Å². The summed E-state index contributed by atoms with van der Waals surface area (Å²) < 4.78 is 26.0. The summed E-state index contributed by atoms with van der Waals surface area (Å²) >= 11 is 3.46. The second-order valence-electron chi connectivity index (χ2n) is 6.47. The second kappa shape index (κ2) is 9.92. The monoisotopic (exact) mass is 481 g/mol. The molecule has 0 amide bonds. The molecule has 5 nitrogen and oxygen atoms in total. The lowest BCUT2D eigenvalue weighted by molar-refractivity contribution is 0.0697. The van der Waals surface area contributed by atoms with Gasteiger partial charge in [0.25, 0.3) is 0 Å². The molecule has 0 aromatic heterocycles. The highest BCUT2D eigenvalue weighted by Crippen LogP contribution is 2.38. The molecule has 0 spiro atoms. The first kappa shape index (κ1) is 22.1. The molecule has 0 aliphatic rings. The molecule has 0 aliphatic heterocycles. The Kier molecular flexibility index (Phi) is 7.06. The molecule has 0 unspecified atom stereocenters. The van der Waals surface area contributed by atoms with Gasteiger partial charge < -0.3 is 14.6 Å². The van der Waals surface area contributed by atoms with Crippen LogP contribution in [0.1, 0.15) is 27.0 Å². The Bertz CT molecular complexity index is 1180. The van der Waals surface area contributed by atoms with Crippen molar-refractivity contribution in [1.29, 1.82) is 5.26 Å². The van der Waals surface area contributed by atoms with Crippen molar-refractivity contribution in [2.45, 2.75) is 6.61 Å². The molecule has 3 aromatic rings. The van der Waals surface area contributed by atoms with Crippen LogP contribution in [0, 0.1) is 17.1 Å². The van der Waals surface area contributed by atoms with Gasteiger partial charge in [0.05, 0.1) is 28.8 Å². The molecule has 0 atom stereocenters. The minimum absolute atomic E-state index is 0.180. The number of nitriles is 1. The average Bonchev–Trinajstić information content (AvgIpc) is 2.77. The third kappa shape index (κ3) is 5.30. The fourth-order valence-electron chi connectivity index (χ4n) is 2.88. The van der Waals surface area contributed by atoms with E-state index in [9.17, 15) is 14.4 Å². The van der Waals surface area contributed by atoms with Gasteiger partial charge in [0.15, 0.2) is 11.5 Å². The molecule has 3 rings (SSSR count). The fraction of sp³-hybridized carbons (Fsp3) is 0.0833. The van der Waals surface area contributed by atoms with Gasteiger partial charge in [-0.2, -0.15) is 5.26 Å². The average molecular weight is 482 g/mol. The summed E-state index contributed by atoms with van der Waals surface area (Å²) in [7, 11) is 1.49. The maximum absolute atomic E-state index is 14.1. The Morgan fingerprint density at radius 2 is 1.90 bits per heavy atom. The van der Waals surface area contributed by atoms with E-state index in [0.29, 0.717) is 21.5 Å². The van der Waals surface area contributed by atoms with E-state index >= 15 is 0 Å². The first-order chi connectivity index (χ1) is 14.9. The van der Waals surface area contributed by atoms with E-state index in [4.69, 9.17) is 14.6 Å². The van der Waals surface area contributed by atoms with Crippen molar-refractivity contribution in [3.63, 3.8) is 0 Å². The molecule has 0 fully saturated rings. The van der Waals surface area contributed by atoms with Gasteiger partial charge in [0.1, 0.15) is 12.4 Å². The van der Waals surface area contributed by atoms with Crippen molar-refractivity contribution in [1.82, 2.24) is 0 Å². The zero-order valence-electron chi connectivity index (χ0n) is 16.4. The van der Waals surface area contributed by atoms with Crippen molar-refractivity contribution >= 4 is 33.5 Å². The Morgan fingerprint density at radius 3 is 2.52 bits per heavy atom. The normalized spacial score (nSPS) is 11.0. The first-order valence-corrected chi connectivity index (χ1v) is 9.91. The molecule has 0 saturated carbocycles. The summed E-state index contributed by atoms with van der Waals surface area (Å²) in [6.07, 6.45) is 1.57. The van der Waals surface area contributed by atoms with Crippen molar-refractivity contribution in [3.05, 3.63) is 93.2 Å². The molecule has 1 N–H and O–H groups in total. The number of aromatic carboxylic acids is 1. The molecule has 0 bridgehead atoms. The fourth-order valence-corrected chi connectivity index (χ4v) is 3.45. The number of hydrogen-bond donors (Lipinski definition) is 1. The molecular formula is C24H17BrFNO4. The van der Waals surface area contributed by atoms with Gasteiger partial charge in [-0.05, 0) is 63.5 Å². The summed E-state index contributed by atoms with van der Waals surface area (Å²) in [6, 6.07) is 17.9. The number of carboxylic acids is 1. The Balaban J connectivity index is 1.87. The Morgan fingerprint density at radius 1 is 1.19 bits per heavy atom. The third-order valence-corrected chi connectivity index (χ3v) is 5.02. The molecule has 156 valence electrons. The molecule has 3 aromatic carbocycles. The molecule has 7 heteroatoms. The number of hydrogen-bond acceptors (Lipinski definition) is 4. The number of benzene rings is 3. The molecule has 0 saturated heterocycles. The van der Waals surface area contributed by atoms with E-state index in [1.807, 2.05) is 6.07 Å². The lowest BCUT2D eigenvalue weighted by Gasteiger charge is -2.14. The maximum atomic E-state index is 14.1. The highest BCUT2D eigenvalue weighted by atomic mass is 79.9. The van der Waals surface area contributed by atoms with Crippen molar-refractivity contribution in [3.8, 4) is 17.6 Å². The van der Waals surface area contributed by atoms with Crippen LogP contribution in [0.15, 0.2) is 65.1 Å². The van der Waals surface area contributed by atoms with Crippen LogP contribution in [0.4, 0.5) is 4.39 Å². The number of rotatable bonds is 7. The van der Waals surface area contributed by atoms with Crippen LogP contribution < -0.4 is 9.47 Å². The largest absolute Gasteiger partial charge is 0.493 e. The van der Waals surface area contributed by atoms with Crippen molar-refractivity contribution in [2.75, 3.05) is 7.11 Å². The summed E-state index contributed by atoms with van der Waals surface area (Å²) in [5, 5.41) is 18.5. The van der Waals surface area contributed by atoms with E-state index in [0.717, 1.165) is 5.56 Å². The van der Waals surface area contributed by atoms with Gasteiger partial charge in [0.2, 0.25) is 0 Å². The molecule has 0 heterocycles. The zero-order chi connectivity index (χ0) is 22.4. The quantitative estimate of drug-likeness (QED) is 0.333. The Hall–Kier alpha value is -3.63. The summed E-state index contributed by atoms with van der Waals surface area (Å²) in [5.74, 6) is -0.595. The molecular weight excluding hydrogens is 465 g/mol. The van der Waals surface area contributed by atoms with E-state index in [2.05, 4.69) is 15.9 Å². The number of carbonyl (C=O) groups is 1. The maximum Gasteiger partial charge on any atom is 0.335 e. The number of ether oxygens (including phenoxy) is 2. The van der Waals surface area contributed by atoms with Gasteiger partial charge in [-0.25, -0.2) is 9.18 Å².